The predicted octanol–water partition coefficient (Wildman–Crippen LogP) is 2.50. The second-order valence-corrected chi connectivity index (χ2v) is 5.16. The molecule has 2 aromatic rings. The number of aromatic nitrogens is 2. The first kappa shape index (κ1) is 15.1. The summed E-state index contributed by atoms with van der Waals surface area (Å²) >= 11 is 6.77. The minimum absolute atomic E-state index is 0.0611. The topological polar surface area (TPSA) is 107 Å². The number of esters is 1. The minimum atomic E-state index is -0.716. The van der Waals surface area contributed by atoms with Crippen LogP contribution in [0.15, 0.2) is 18.2 Å². The molecule has 10 heteroatoms. The van der Waals surface area contributed by atoms with E-state index in [1.54, 1.807) is 7.05 Å². The number of nitrogens with zero attached hydrogens (tertiary/aromatic N) is 3. The summed E-state index contributed by atoms with van der Waals surface area (Å²) in [6, 6.07) is 3.88. The molecule has 1 N–H and O–H groups in total. The van der Waals surface area contributed by atoms with E-state index in [0.717, 1.165) is 17.6 Å². The van der Waals surface area contributed by atoms with Gasteiger partial charge in [-0.3, -0.25) is 10.1 Å². The Balaban J connectivity index is 2.19. The van der Waals surface area contributed by atoms with Crippen LogP contribution >= 0.6 is 23.1 Å². The monoisotopic (exact) mass is 328 g/mol. The first-order valence-electron chi connectivity index (χ1n) is 5.63. The summed E-state index contributed by atoms with van der Waals surface area (Å²) in [5.41, 5.74) is 0.625. The Morgan fingerprint density at radius 3 is 2.90 bits per heavy atom. The summed E-state index contributed by atoms with van der Waals surface area (Å²) in [6.45, 7) is -0.153. The highest BCUT2D eigenvalue weighted by atomic mass is 35.5. The molecule has 0 amide bonds. The number of nitro groups is 1. The molecule has 2 rings (SSSR count). The summed E-state index contributed by atoms with van der Waals surface area (Å²) in [7, 11) is 1.60. The van der Waals surface area contributed by atoms with E-state index in [2.05, 4.69) is 14.9 Å². The Hall–Kier alpha value is -2.26. The third-order valence-electron chi connectivity index (χ3n) is 2.55. The van der Waals surface area contributed by atoms with Crippen molar-refractivity contribution in [2.75, 3.05) is 12.4 Å². The smallest absolute Gasteiger partial charge is 0.340 e. The normalized spacial score (nSPS) is 10.2. The van der Waals surface area contributed by atoms with Crippen LogP contribution in [0.2, 0.25) is 4.34 Å². The third kappa shape index (κ3) is 3.44. The number of nitro benzene ring substituents is 1. The first-order valence-corrected chi connectivity index (χ1v) is 6.78. The quantitative estimate of drug-likeness (QED) is 0.510. The molecule has 21 heavy (non-hydrogen) atoms. The lowest BCUT2D eigenvalue weighted by Crippen LogP contribution is -2.09. The number of carbonyl (C=O) groups is 1. The number of carbonyl (C=O) groups excluding carboxylic acids is 1. The van der Waals surface area contributed by atoms with Crippen molar-refractivity contribution in [1.82, 2.24) is 9.59 Å². The number of nitrogens with one attached hydrogen (secondary N) is 1. The maximum absolute atomic E-state index is 12.0. The fourth-order valence-corrected chi connectivity index (χ4v) is 2.13. The first-order chi connectivity index (χ1) is 10.0. The van der Waals surface area contributed by atoms with Crippen molar-refractivity contribution in [2.45, 2.75) is 6.61 Å². The third-order valence-corrected chi connectivity index (χ3v) is 3.54. The number of benzene rings is 1. The van der Waals surface area contributed by atoms with Crippen LogP contribution in [0.25, 0.3) is 0 Å². The maximum Gasteiger partial charge on any atom is 0.340 e. The molecule has 0 saturated heterocycles. The second-order valence-electron chi connectivity index (χ2n) is 3.81. The largest absolute Gasteiger partial charge is 0.455 e. The molecule has 0 fully saturated rings. The number of halogens is 1. The molecule has 1 heterocycles. The van der Waals surface area contributed by atoms with Crippen LogP contribution in [0.5, 0.6) is 0 Å². The van der Waals surface area contributed by atoms with Crippen molar-refractivity contribution in [3.63, 3.8) is 0 Å². The lowest BCUT2D eigenvalue weighted by molar-refractivity contribution is -0.384. The highest BCUT2D eigenvalue weighted by Gasteiger charge is 2.18. The second kappa shape index (κ2) is 6.46. The SMILES string of the molecule is CNc1ccc([N+](=O)[O-])cc1C(=O)OCc1nnsc1Cl. The van der Waals surface area contributed by atoms with Gasteiger partial charge in [-0.15, -0.1) is 5.10 Å². The molecule has 8 nitrogen and oxygen atoms in total. The van der Waals surface area contributed by atoms with Gasteiger partial charge in [0.1, 0.15) is 16.6 Å². The summed E-state index contributed by atoms with van der Waals surface area (Å²) in [6.07, 6.45) is 0. The average Bonchev–Trinajstić information content (AvgIpc) is 2.89. The number of hydrogen-bond donors (Lipinski definition) is 1. The van der Waals surface area contributed by atoms with Crippen LogP contribution in [0.1, 0.15) is 16.1 Å². The lowest BCUT2D eigenvalue weighted by atomic mass is 10.1. The van der Waals surface area contributed by atoms with Gasteiger partial charge in [0.2, 0.25) is 0 Å². The molecule has 110 valence electrons. The van der Waals surface area contributed by atoms with Crippen LogP contribution in [0, 0.1) is 10.1 Å². The fraction of sp³-hybridized carbons (Fsp3) is 0.182. The van der Waals surface area contributed by atoms with E-state index in [1.807, 2.05) is 0 Å². The molecular formula is C11H9ClN4O4S. The van der Waals surface area contributed by atoms with Gasteiger partial charge in [-0.1, -0.05) is 16.1 Å². The molecular weight excluding hydrogens is 320 g/mol. The van der Waals surface area contributed by atoms with Crippen molar-refractivity contribution in [2.24, 2.45) is 0 Å². The molecule has 0 atom stereocenters. The molecule has 0 aliphatic carbocycles. The van der Waals surface area contributed by atoms with Crippen molar-refractivity contribution in [3.8, 4) is 0 Å². The molecule has 0 radical (unpaired) electrons. The summed E-state index contributed by atoms with van der Waals surface area (Å²) < 4.78 is 8.99. The number of ether oxygens (including phenoxy) is 1. The van der Waals surface area contributed by atoms with Crippen LogP contribution in [0.3, 0.4) is 0 Å². The molecule has 1 aromatic carbocycles. The van der Waals surface area contributed by atoms with Crippen LogP contribution in [-0.2, 0) is 11.3 Å². The van der Waals surface area contributed by atoms with Gasteiger partial charge in [-0.25, -0.2) is 4.79 Å². The lowest BCUT2D eigenvalue weighted by Gasteiger charge is -2.08. The Morgan fingerprint density at radius 1 is 1.57 bits per heavy atom. The van der Waals surface area contributed by atoms with Crippen molar-refractivity contribution < 1.29 is 14.5 Å². The highest BCUT2D eigenvalue weighted by Crippen LogP contribution is 2.24. The Bertz CT molecular complexity index is 691. The summed E-state index contributed by atoms with van der Waals surface area (Å²) in [5.74, 6) is -0.716. The standard InChI is InChI=1S/C11H9ClN4O4S/c1-13-8-3-2-6(16(18)19)4-7(8)11(17)20-5-9-10(12)21-15-14-9/h2-4,13H,5H2,1H3. The van der Waals surface area contributed by atoms with E-state index >= 15 is 0 Å². The average molecular weight is 329 g/mol. The summed E-state index contributed by atoms with van der Waals surface area (Å²) in [4.78, 5) is 22.2. The van der Waals surface area contributed by atoms with Crippen LogP contribution in [0.4, 0.5) is 11.4 Å². The molecule has 0 saturated carbocycles. The minimum Gasteiger partial charge on any atom is -0.455 e. The Morgan fingerprint density at radius 2 is 2.33 bits per heavy atom. The van der Waals surface area contributed by atoms with Crippen LogP contribution < -0.4 is 5.32 Å². The Kier molecular flexibility index (Phi) is 4.66. The maximum atomic E-state index is 12.0. The van der Waals surface area contributed by atoms with Gasteiger partial charge in [0.05, 0.1) is 10.5 Å². The van der Waals surface area contributed by atoms with Gasteiger partial charge < -0.3 is 10.1 Å². The molecule has 1 aromatic heterocycles. The van der Waals surface area contributed by atoms with Gasteiger partial charge in [0.25, 0.3) is 5.69 Å². The zero-order valence-corrected chi connectivity index (χ0v) is 12.3. The number of non-ortho nitro benzene ring substituents is 1. The van der Waals surface area contributed by atoms with E-state index in [1.165, 1.54) is 12.1 Å². The van der Waals surface area contributed by atoms with E-state index in [9.17, 15) is 14.9 Å². The van der Waals surface area contributed by atoms with E-state index < -0.39 is 10.9 Å². The molecule has 0 aliphatic rings. The zero-order chi connectivity index (χ0) is 15.4. The van der Waals surface area contributed by atoms with Gasteiger partial charge in [0.15, 0.2) is 0 Å². The van der Waals surface area contributed by atoms with Crippen molar-refractivity contribution in [1.29, 1.82) is 0 Å². The van der Waals surface area contributed by atoms with Gasteiger partial charge >= 0.3 is 5.97 Å². The van der Waals surface area contributed by atoms with Gasteiger partial charge in [-0.2, -0.15) is 0 Å². The number of hydrogen-bond acceptors (Lipinski definition) is 8. The van der Waals surface area contributed by atoms with E-state index in [4.69, 9.17) is 16.3 Å². The number of rotatable bonds is 5. The summed E-state index contributed by atoms with van der Waals surface area (Å²) in [5, 5.41) is 17.2. The van der Waals surface area contributed by atoms with Gasteiger partial charge in [-0.05, 0) is 6.07 Å². The molecule has 0 aliphatic heterocycles. The Labute approximate surface area is 128 Å². The zero-order valence-electron chi connectivity index (χ0n) is 10.7. The highest BCUT2D eigenvalue weighted by molar-refractivity contribution is 7.10. The van der Waals surface area contributed by atoms with Gasteiger partial charge in [0, 0.05) is 36.4 Å². The predicted molar refractivity (Wildman–Crippen MR) is 76.7 cm³/mol. The van der Waals surface area contributed by atoms with Crippen molar-refractivity contribution >= 4 is 40.5 Å². The van der Waals surface area contributed by atoms with Crippen LogP contribution in [-0.4, -0.2) is 27.5 Å². The van der Waals surface area contributed by atoms with E-state index in [0.29, 0.717) is 15.7 Å². The number of anilines is 1. The fourth-order valence-electron chi connectivity index (χ4n) is 1.53. The van der Waals surface area contributed by atoms with E-state index in [-0.39, 0.29) is 17.9 Å². The molecule has 0 unspecified atom stereocenters. The molecule has 0 spiro atoms. The van der Waals surface area contributed by atoms with Crippen molar-refractivity contribution in [3.05, 3.63) is 43.9 Å². The molecule has 0 bridgehead atoms.